The van der Waals surface area contributed by atoms with E-state index < -0.39 is 0 Å². The van der Waals surface area contributed by atoms with Crippen LogP contribution in [-0.2, 0) is 11.2 Å². The third-order valence-corrected chi connectivity index (χ3v) is 6.28. The SMILES string of the molecule is COc1ccc2c(c1)C[C@H](C(=O)NCCCN1CCN(c3cccc(Cl)c3)CC1)CO2. The zero-order valence-electron chi connectivity index (χ0n) is 18.0. The molecule has 0 saturated carbocycles. The van der Waals surface area contributed by atoms with E-state index in [0.29, 0.717) is 19.6 Å². The zero-order chi connectivity index (χ0) is 21.6. The Kier molecular flexibility index (Phi) is 7.20. The molecule has 2 aliphatic rings. The van der Waals surface area contributed by atoms with Gasteiger partial charge in [0.25, 0.3) is 0 Å². The molecule has 1 amide bonds. The van der Waals surface area contributed by atoms with Crippen LogP contribution in [0.4, 0.5) is 5.69 Å². The summed E-state index contributed by atoms with van der Waals surface area (Å²) >= 11 is 6.11. The number of benzene rings is 2. The number of fused-ring (bicyclic) bond motifs is 1. The molecule has 1 fully saturated rings. The predicted octanol–water partition coefficient (Wildman–Crippen LogP) is 3.23. The van der Waals surface area contributed by atoms with E-state index in [1.54, 1.807) is 7.11 Å². The van der Waals surface area contributed by atoms with E-state index in [-0.39, 0.29) is 11.8 Å². The summed E-state index contributed by atoms with van der Waals surface area (Å²) < 4.78 is 11.1. The molecule has 6 nitrogen and oxygen atoms in total. The van der Waals surface area contributed by atoms with Gasteiger partial charge >= 0.3 is 0 Å². The van der Waals surface area contributed by atoms with Crippen molar-refractivity contribution in [2.24, 2.45) is 5.92 Å². The van der Waals surface area contributed by atoms with Crippen molar-refractivity contribution in [3.63, 3.8) is 0 Å². The summed E-state index contributed by atoms with van der Waals surface area (Å²) in [6.07, 6.45) is 1.63. The number of hydrogen-bond donors (Lipinski definition) is 1. The highest BCUT2D eigenvalue weighted by atomic mass is 35.5. The van der Waals surface area contributed by atoms with Gasteiger partial charge in [0.1, 0.15) is 18.1 Å². The molecule has 0 aliphatic carbocycles. The first-order valence-corrected chi connectivity index (χ1v) is 11.3. The smallest absolute Gasteiger partial charge is 0.226 e. The molecule has 7 heteroatoms. The average Bonchev–Trinajstić information content (AvgIpc) is 2.81. The highest BCUT2D eigenvalue weighted by Crippen LogP contribution is 2.30. The molecule has 0 aromatic heterocycles. The van der Waals surface area contributed by atoms with Crippen LogP contribution in [0.15, 0.2) is 42.5 Å². The van der Waals surface area contributed by atoms with Crippen LogP contribution < -0.4 is 19.7 Å². The van der Waals surface area contributed by atoms with Gasteiger partial charge in [-0.05, 0) is 61.3 Å². The molecule has 2 aromatic carbocycles. The van der Waals surface area contributed by atoms with Gasteiger partial charge in [0, 0.05) is 43.4 Å². The van der Waals surface area contributed by atoms with Crippen LogP contribution in [0.25, 0.3) is 0 Å². The van der Waals surface area contributed by atoms with E-state index >= 15 is 0 Å². The lowest BCUT2D eigenvalue weighted by Gasteiger charge is -2.36. The molecule has 0 radical (unpaired) electrons. The Hall–Kier alpha value is -2.44. The van der Waals surface area contributed by atoms with Gasteiger partial charge in [-0.25, -0.2) is 0 Å². The normalized spacial score (nSPS) is 18.8. The number of amides is 1. The first-order chi connectivity index (χ1) is 15.1. The summed E-state index contributed by atoms with van der Waals surface area (Å²) in [6, 6.07) is 13.8. The van der Waals surface area contributed by atoms with Gasteiger partial charge in [0.15, 0.2) is 0 Å². The Bertz CT molecular complexity index is 899. The van der Waals surface area contributed by atoms with Crippen molar-refractivity contribution in [2.75, 3.05) is 57.9 Å². The third-order valence-electron chi connectivity index (χ3n) is 6.04. The molecule has 31 heavy (non-hydrogen) atoms. The van der Waals surface area contributed by atoms with Crippen molar-refractivity contribution < 1.29 is 14.3 Å². The minimum Gasteiger partial charge on any atom is -0.497 e. The fourth-order valence-electron chi connectivity index (χ4n) is 4.23. The third kappa shape index (κ3) is 5.63. The fourth-order valence-corrected chi connectivity index (χ4v) is 4.41. The summed E-state index contributed by atoms with van der Waals surface area (Å²) in [5.74, 6) is 1.56. The molecule has 4 rings (SSSR count). The first-order valence-electron chi connectivity index (χ1n) is 10.9. The van der Waals surface area contributed by atoms with Crippen LogP contribution in [0.1, 0.15) is 12.0 Å². The van der Waals surface area contributed by atoms with Crippen LogP contribution in [0.3, 0.4) is 0 Å². The van der Waals surface area contributed by atoms with Gasteiger partial charge in [0.05, 0.1) is 13.0 Å². The number of methoxy groups -OCH3 is 1. The van der Waals surface area contributed by atoms with Crippen LogP contribution in [0.5, 0.6) is 11.5 Å². The Morgan fingerprint density at radius 2 is 2.03 bits per heavy atom. The van der Waals surface area contributed by atoms with Crippen molar-refractivity contribution in [1.29, 1.82) is 0 Å². The van der Waals surface area contributed by atoms with Crippen LogP contribution in [0.2, 0.25) is 5.02 Å². The fraction of sp³-hybridized carbons (Fsp3) is 0.458. The number of ether oxygens (including phenoxy) is 2. The minimum absolute atomic E-state index is 0.0687. The number of anilines is 1. The van der Waals surface area contributed by atoms with Crippen molar-refractivity contribution in [3.05, 3.63) is 53.1 Å². The van der Waals surface area contributed by atoms with Gasteiger partial charge in [-0.1, -0.05) is 17.7 Å². The van der Waals surface area contributed by atoms with E-state index in [1.165, 1.54) is 5.69 Å². The number of halogens is 1. The molecule has 1 N–H and O–H groups in total. The van der Waals surface area contributed by atoms with E-state index in [4.69, 9.17) is 21.1 Å². The highest BCUT2D eigenvalue weighted by Gasteiger charge is 2.26. The van der Waals surface area contributed by atoms with E-state index in [1.807, 2.05) is 36.4 Å². The number of carbonyl (C=O) groups is 1. The summed E-state index contributed by atoms with van der Waals surface area (Å²) in [4.78, 5) is 17.4. The molecule has 1 atom stereocenters. The minimum atomic E-state index is -0.152. The molecule has 2 aliphatic heterocycles. The first kappa shape index (κ1) is 21.8. The lowest BCUT2D eigenvalue weighted by Crippen LogP contribution is -2.47. The van der Waals surface area contributed by atoms with Crippen molar-refractivity contribution in [3.8, 4) is 11.5 Å². The van der Waals surface area contributed by atoms with E-state index in [9.17, 15) is 4.79 Å². The molecule has 2 heterocycles. The van der Waals surface area contributed by atoms with Crippen LogP contribution >= 0.6 is 11.6 Å². The number of nitrogens with zero attached hydrogens (tertiary/aromatic N) is 2. The monoisotopic (exact) mass is 443 g/mol. The van der Waals surface area contributed by atoms with Crippen molar-refractivity contribution in [1.82, 2.24) is 10.2 Å². The average molecular weight is 444 g/mol. The lowest BCUT2D eigenvalue weighted by atomic mass is 9.96. The van der Waals surface area contributed by atoms with E-state index in [0.717, 1.165) is 61.2 Å². The summed E-state index contributed by atoms with van der Waals surface area (Å²) in [5.41, 5.74) is 2.22. The maximum absolute atomic E-state index is 12.6. The maximum atomic E-state index is 12.6. The van der Waals surface area contributed by atoms with Crippen LogP contribution in [-0.4, -0.2) is 63.8 Å². The van der Waals surface area contributed by atoms with Gasteiger partial charge in [-0.3, -0.25) is 9.69 Å². The number of nitrogens with one attached hydrogen (secondary N) is 1. The highest BCUT2D eigenvalue weighted by molar-refractivity contribution is 6.30. The van der Waals surface area contributed by atoms with Crippen LogP contribution in [0, 0.1) is 5.92 Å². The second-order valence-corrected chi connectivity index (χ2v) is 8.58. The van der Waals surface area contributed by atoms with Crippen molar-refractivity contribution >= 4 is 23.2 Å². The van der Waals surface area contributed by atoms with E-state index in [2.05, 4.69) is 21.2 Å². The second-order valence-electron chi connectivity index (χ2n) is 8.14. The molecular formula is C24H30ClN3O3. The summed E-state index contributed by atoms with van der Waals surface area (Å²) in [5, 5.41) is 3.87. The van der Waals surface area contributed by atoms with Gasteiger partial charge in [-0.15, -0.1) is 0 Å². The number of carbonyl (C=O) groups excluding carboxylic acids is 1. The largest absolute Gasteiger partial charge is 0.497 e. The molecule has 1 saturated heterocycles. The summed E-state index contributed by atoms with van der Waals surface area (Å²) in [6.45, 7) is 6.14. The second kappa shape index (κ2) is 10.2. The Morgan fingerprint density at radius 3 is 2.81 bits per heavy atom. The molecule has 0 unspecified atom stereocenters. The molecule has 2 aromatic rings. The quantitative estimate of drug-likeness (QED) is 0.666. The van der Waals surface area contributed by atoms with Gasteiger partial charge in [-0.2, -0.15) is 0 Å². The Labute approximate surface area is 189 Å². The molecule has 0 bridgehead atoms. The lowest BCUT2D eigenvalue weighted by molar-refractivity contribution is -0.126. The van der Waals surface area contributed by atoms with Gasteiger partial charge in [0.2, 0.25) is 5.91 Å². The number of rotatable bonds is 7. The number of hydrogen-bond acceptors (Lipinski definition) is 5. The molecule has 0 spiro atoms. The Morgan fingerprint density at radius 1 is 1.19 bits per heavy atom. The van der Waals surface area contributed by atoms with Crippen molar-refractivity contribution in [2.45, 2.75) is 12.8 Å². The number of piperazine rings is 1. The Balaban J connectivity index is 1.16. The van der Waals surface area contributed by atoms with Gasteiger partial charge < -0.3 is 19.7 Å². The predicted molar refractivity (Wildman–Crippen MR) is 123 cm³/mol. The summed E-state index contributed by atoms with van der Waals surface area (Å²) in [7, 11) is 1.65. The zero-order valence-corrected chi connectivity index (χ0v) is 18.7. The molecular weight excluding hydrogens is 414 g/mol. The maximum Gasteiger partial charge on any atom is 0.226 e. The topological polar surface area (TPSA) is 54.0 Å². The molecule has 166 valence electrons. The standard InChI is InChI=1S/C24H30ClN3O3/c1-30-22-6-7-23-18(15-22)14-19(17-31-23)24(29)26-8-3-9-27-10-12-28(13-11-27)21-5-2-4-20(25)16-21/h2,4-7,15-16,19H,3,8-14,17H2,1H3,(H,26,29)/t19-/m0/s1.